The van der Waals surface area contributed by atoms with E-state index in [4.69, 9.17) is 4.74 Å². The first-order chi connectivity index (χ1) is 6.00. The maximum Gasteiger partial charge on any atom is 0.0781 e. The van der Waals surface area contributed by atoms with Crippen LogP contribution >= 0.6 is 0 Å². The van der Waals surface area contributed by atoms with Crippen LogP contribution in [0.1, 0.15) is 27.2 Å². The Morgan fingerprint density at radius 2 is 2.00 bits per heavy atom. The summed E-state index contributed by atoms with van der Waals surface area (Å²) in [5, 5.41) is 0. The molecule has 76 valence electrons. The SMILES string of the molecule is CN1CCC2COC(C(C)(C)C)C21. The van der Waals surface area contributed by atoms with Crippen molar-refractivity contribution < 1.29 is 4.74 Å². The van der Waals surface area contributed by atoms with Crippen molar-refractivity contribution in [2.24, 2.45) is 11.3 Å². The first-order valence-corrected chi connectivity index (χ1v) is 5.32. The van der Waals surface area contributed by atoms with Gasteiger partial charge < -0.3 is 9.64 Å². The molecule has 2 aliphatic heterocycles. The number of rotatable bonds is 0. The van der Waals surface area contributed by atoms with Gasteiger partial charge in [0.1, 0.15) is 0 Å². The highest BCUT2D eigenvalue weighted by Gasteiger charge is 2.47. The van der Waals surface area contributed by atoms with Crippen LogP contribution in [0.25, 0.3) is 0 Å². The molecule has 2 aliphatic rings. The van der Waals surface area contributed by atoms with E-state index in [0.717, 1.165) is 12.5 Å². The molecule has 0 spiro atoms. The Balaban J connectivity index is 2.15. The fourth-order valence-corrected chi connectivity index (χ4v) is 2.80. The number of hydrogen-bond acceptors (Lipinski definition) is 2. The molecular formula is C11H21NO. The summed E-state index contributed by atoms with van der Waals surface area (Å²) in [6.45, 7) is 9.09. The van der Waals surface area contributed by atoms with E-state index in [-0.39, 0.29) is 5.41 Å². The lowest BCUT2D eigenvalue weighted by Crippen LogP contribution is -2.43. The zero-order valence-corrected chi connectivity index (χ0v) is 9.21. The highest BCUT2D eigenvalue weighted by Crippen LogP contribution is 2.40. The molecule has 2 fully saturated rings. The molecule has 0 aromatic rings. The van der Waals surface area contributed by atoms with Crippen molar-refractivity contribution in [2.45, 2.75) is 39.3 Å². The van der Waals surface area contributed by atoms with Crippen LogP contribution in [0.2, 0.25) is 0 Å². The lowest BCUT2D eigenvalue weighted by molar-refractivity contribution is -0.00472. The Kier molecular flexibility index (Phi) is 2.16. The molecule has 0 bridgehead atoms. The van der Waals surface area contributed by atoms with Crippen LogP contribution in [0.4, 0.5) is 0 Å². The second kappa shape index (κ2) is 2.96. The third-order valence-corrected chi connectivity index (χ3v) is 3.50. The Morgan fingerprint density at radius 1 is 1.31 bits per heavy atom. The number of likely N-dealkylation sites (tertiary alicyclic amines) is 1. The molecule has 2 rings (SSSR count). The van der Waals surface area contributed by atoms with Crippen molar-refractivity contribution >= 4 is 0 Å². The monoisotopic (exact) mass is 183 g/mol. The van der Waals surface area contributed by atoms with Gasteiger partial charge in [-0.15, -0.1) is 0 Å². The summed E-state index contributed by atoms with van der Waals surface area (Å²) in [6, 6.07) is 0.681. The molecule has 0 aromatic carbocycles. The molecule has 0 amide bonds. The molecule has 0 aliphatic carbocycles. The Hall–Kier alpha value is -0.0800. The first kappa shape index (κ1) is 9.47. The highest BCUT2D eigenvalue weighted by atomic mass is 16.5. The van der Waals surface area contributed by atoms with Crippen LogP contribution in [-0.4, -0.2) is 37.2 Å². The minimum absolute atomic E-state index is 0.290. The summed E-state index contributed by atoms with van der Waals surface area (Å²) in [6.07, 6.45) is 1.76. The molecule has 13 heavy (non-hydrogen) atoms. The molecule has 3 unspecified atom stereocenters. The second-order valence-electron chi connectivity index (χ2n) is 5.64. The quantitative estimate of drug-likeness (QED) is 0.567. The number of fused-ring (bicyclic) bond motifs is 1. The van der Waals surface area contributed by atoms with Crippen LogP contribution in [0.15, 0.2) is 0 Å². The molecule has 0 radical (unpaired) electrons. The summed E-state index contributed by atoms with van der Waals surface area (Å²) in [5.74, 6) is 0.800. The fourth-order valence-electron chi connectivity index (χ4n) is 2.80. The smallest absolute Gasteiger partial charge is 0.0781 e. The zero-order chi connectivity index (χ0) is 9.64. The normalized spacial score (nSPS) is 41.1. The average Bonchev–Trinajstić information content (AvgIpc) is 2.51. The minimum Gasteiger partial charge on any atom is -0.376 e. The molecule has 0 saturated carbocycles. The van der Waals surface area contributed by atoms with Gasteiger partial charge in [-0.3, -0.25) is 0 Å². The summed E-state index contributed by atoms with van der Waals surface area (Å²) >= 11 is 0. The molecule has 2 heteroatoms. The number of likely N-dealkylation sites (N-methyl/N-ethyl adjacent to an activating group) is 1. The topological polar surface area (TPSA) is 12.5 Å². The summed E-state index contributed by atoms with van der Waals surface area (Å²) in [4.78, 5) is 2.48. The molecule has 3 atom stereocenters. The van der Waals surface area contributed by atoms with Gasteiger partial charge in [0.05, 0.1) is 12.7 Å². The van der Waals surface area contributed by atoms with Crippen LogP contribution in [0.3, 0.4) is 0 Å². The molecule has 2 nitrogen and oxygen atoms in total. The van der Waals surface area contributed by atoms with Gasteiger partial charge in [0, 0.05) is 12.0 Å². The second-order valence-corrected chi connectivity index (χ2v) is 5.64. The van der Waals surface area contributed by atoms with Crippen LogP contribution < -0.4 is 0 Å². The Bertz CT molecular complexity index is 197. The van der Waals surface area contributed by atoms with Gasteiger partial charge in [0.2, 0.25) is 0 Å². The Labute approximate surface area is 81.3 Å². The molecule has 0 N–H and O–H groups in total. The van der Waals surface area contributed by atoms with E-state index in [0.29, 0.717) is 12.1 Å². The number of nitrogens with zero attached hydrogens (tertiary/aromatic N) is 1. The largest absolute Gasteiger partial charge is 0.376 e. The lowest BCUT2D eigenvalue weighted by atomic mass is 9.82. The van der Waals surface area contributed by atoms with Crippen LogP contribution in [-0.2, 0) is 4.74 Å². The van der Waals surface area contributed by atoms with E-state index >= 15 is 0 Å². The van der Waals surface area contributed by atoms with Gasteiger partial charge in [-0.1, -0.05) is 20.8 Å². The number of ether oxygens (including phenoxy) is 1. The average molecular weight is 183 g/mol. The molecule has 0 aromatic heterocycles. The Morgan fingerprint density at radius 3 is 2.62 bits per heavy atom. The van der Waals surface area contributed by atoms with E-state index in [9.17, 15) is 0 Å². The van der Waals surface area contributed by atoms with Gasteiger partial charge in [-0.2, -0.15) is 0 Å². The molecule has 2 saturated heterocycles. The van der Waals surface area contributed by atoms with Gasteiger partial charge in [-0.05, 0) is 25.4 Å². The summed E-state index contributed by atoms with van der Waals surface area (Å²) < 4.78 is 5.91. The van der Waals surface area contributed by atoms with Crippen LogP contribution in [0.5, 0.6) is 0 Å². The van der Waals surface area contributed by atoms with Crippen molar-refractivity contribution in [1.29, 1.82) is 0 Å². The minimum atomic E-state index is 0.290. The zero-order valence-electron chi connectivity index (χ0n) is 9.21. The van der Waals surface area contributed by atoms with Crippen molar-refractivity contribution in [2.75, 3.05) is 20.2 Å². The highest BCUT2D eigenvalue weighted by molar-refractivity contribution is 4.99. The van der Waals surface area contributed by atoms with E-state index in [1.807, 2.05) is 0 Å². The van der Waals surface area contributed by atoms with Gasteiger partial charge >= 0.3 is 0 Å². The van der Waals surface area contributed by atoms with E-state index in [1.54, 1.807) is 0 Å². The van der Waals surface area contributed by atoms with Crippen molar-refractivity contribution in [1.82, 2.24) is 4.90 Å². The van der Waals surface area contributed by atoms with Crippen molar-refractivity contribution in [3.05, 3.63) is 0 Å². The summed E-state index contributed by atoms with van der Waals surface area (Å²) in [7, 11) is 2.23. The van der Waals surface area contributed by atoms with Crippen molar-refractivity contribution in [3.63, 3.8) is 0 Å². The van der Waals surface area contributed by atoms with E-state index in [2.05, 4.69) is 32.7 Å². The number of hydrogen-bond donors (Lipinski definition) is 0. The van der Waals surface area contributed by atoms with Crippen molar-refractivity contribution in [3.8, 4) is 0 Å². The standard InChI is InChI=1S/C11H21NO/c1-11(2,3)10-9-8(7-13-10)5-6-12(9)4/h8-10H,5-7H2,1-4H3. The van der Waals surface area contributed by atoms with E-state index in [1.165, 1.54) is 13.0 Å². The maximum atomic E-state index is 5.91. The van der Waals surface area contributed by atoms with Gasteiger partial charge in [0.15, 0.2) is 0 Å². The molecular weight excluding hydrogens is 162 g/mol. The summed E-state index contributed by atoms with van der Waals surface area (Å²) in [5.41, 5.74) is 0.290. The third-order valence-electron chi connectivity index (χ3n) is 3.50. The van der Waals surface area contributed by atoms with Gasteiger partial charge in [0.25, 0.3) is 0 Å². The lowest BCUT2D eigenvalue weighted by Gasteiger charge is -2.34. The predicted octanol–water partition coefficient (Wildman–Crippen LogP) is 1.75. The predicted molar refractivity (Wildman–Crippen MR) is 53.7 cm³/mol. The van der Waals surface area contributed by atoms with E-state index < -0.39 is 0 Å². The first-order valence-electron chi connectivity index (χ1n) is 5.32. The van der Waals surface area contributed by atoms with Gasteiger partial charge in [-0.25, -0.2) is 0 Å². The maximum absolute atomic E-state index is 5.91. The fraction of sp³-hybridized carbons (Fsp3) is 1.00. The van der Waals surface area contributed by atoms with Crippen LogP contribution in [0, 0.1) is 11.3 Å². The molecule has 2 heterocycles. The third kappa shape index (κ3) is 1.50.